The third-order valence-electron chi connectivity index (χ3n) is 2.15. The number of aromatic nitrogens is 3. The van der Waals surface area contributed by atoms with E-state index in [2.05, 4.69) is 10.3 Å². The highest BCUT2D eigenvalue weighted by Gasteiger charge is 2.19. The lowest BCUT2D eigenvalue weighted by molar-refractivity contribution is 0.0686. The maximum absolute atomic E-state index is 11.0. The van der Waals surface area contributed by atoms with Gasteiger partial charge < -0.3 is 10.2 Å². The average Bonchev–Trinajstić information content (AvgIpc) is 2.61. The first-order valence-corrected chi connectivity index (χ1v) is 4.55. The van der Waals surface area contributed by atoms with Crippen molar-refractivity contribution in [3.63, 3.8) is 0 Å². The van der Waals surface area contributed by atoms with E-state index in [1.807, 2.05) is 0 Å². The summed E-state index contributed by atoms with van der Waals surface area (Å²) in [5.74, 6) is -1.18. The lowest BCUT2D eigenvalue weighted by atomic mass is 10.2. The van der Waals surface area contributed by atoms with E-state index in [0.717, 1.165) is 4.68 Å². The Bertz CT molecular complexity index is 548. The van der Waals surface area contributed by atoms with E-state index in [9.17, 15) is 9.90 Å². The molecule has 0 aliphatic heterocycles. The van der Waals surface area contributed by atoms with Crippen LogP contribution in [-0.2, 0) is 0 Å². The van der Waals surface area contributed by atoms with E-state index in [4.69, 9.17) is 5.11 Å². The number of aromatic hydroxyl groups is 1. The smallest absolute Gasteiger partial charge is 0.356 e. The van der Waals surface area contributed by atoms with Crippen LogP contribution in [-0.4, -0.2) is 31.2 Å². The van der Waals surface area contributed by atoms with Gasteiger partial charge in [0, 0.05) is 0 Å². The second-order valence-corrected chi connectivity index (χ2v) is 3.23. The van der Waals surface area contributed by atoms with Crippen molar-refractivity contribution in [3.8, 4) is 11.4 Å². The normalized spacial score (nSPS) is 10.3. The van der Waals surface area contributed by atoms with Crippen LogP contribution in [0, 0.1) is 6.92 Å². The maximum Gasteiger partial charge on any atom is 0.356 e. The molecule has 1 aromatic heterocycles. The number of aromatic carboxylic acids is 1. The van der Waals surface area contributed by atoms with Gasteiger partial charge in [-0.15, -0.1) is 5.10 Å². The minimum atomic E-state index is -1.13. The van der Waals surface area contributed by atoms with Gasteiger partial charge in [0.2, 0.25) is 0 Å². The molecule has 6 nitrogen and oxygen atoms in total. The number of nitrogens with zero attached hydrogens (tertiary/aromatic N) is 3. The highest BCUT2D eigenvalue weighted by Crippen LogP contribution is 2.21. The van der Waals surface area contributed by atoms with Crippen LogP contribution in [0.3, 0.4) is 0 Å². The van der Waals surface area contributed by atoms with Crippen molar-refractivity contribution in [1.82, 2.24) is 15.0 Å². The second-order valence-electron chi connectivity index (χ2n) is 3.23. The van der Waals surface area contributed by atoms with Gasteiger partial charge >= 0.3 is 5.97 Å². The first kappa shape index (κ1) is 10.2. The van der Waals surface area contributed by atoms with Gasteiger partial charge in [-0.05, 0) is 19.1 Å². The van der Waals surface area contributed by atoms with Crippen LogP contribution in [0.15, 0.2) is 24.3 Å². The molecule has 1 heterocycles. The zero-order chi connectivity index (χ0) is 11.7. The van der Waals surface area contributed by atoms with Crippen molar-refractivity contribution >= 4 is 5.97 Å². The number of phenols is 1. The summed E-state index contributed by atoms with van der Waals surface area (Å²) in [6.07, 6.45) is 0. The summed E-state index contributed by atoms with van der Waals surface area (Å²) in [5, 5.41) is 26.0. The Morgan fingerprint density at radius 2 is 2.06 bits per heavy atom. The Kier molecular flexibility index (Phi) is 2.32. The van der Waals surface area contributed by atoms with Crippen molar-refractivity contribution in [2.75, 3.05) is 0 Å². The van der Waals surface area contributed by atoms with Gasteiger partial charge in [-0.3, -0.25) is 0 Å². The summed E-state index contributed by atoms with van der Waals surface area (Å²) in [6.45, 7) is 1.55. The predicted molar refractivity (Wildman–Crippen MR) is 54.7 cm³/mol. The SMILES string of the molecule is Cc1nnn(-c2ccccc2O)c1C(=O)O. The van der Waals surface area contributed by atoms with E-state index >= 15 is 0 Å². The standard InChI is InChI=1S/C10H9N3O3/c1-6-9(10(15)16)13(12-11-6)7-4-2-3-5-8(7)14/h2-5,14H,1H3,(H,15,16). The topological polar surface area (TPSA) is 88.2 Å². The number of carbonyl (C=O) groups is 1. The van der Waals surface area contributed by atoms with E-state index in [1.54, 1.807) is 25.1 Å². The summed E-state index contributed by atoms with van der Waals surface area (Å²) >= 11 is 0. The molecule has 0 spiro atoms. The maximum atomic E-state index is 11.0. The van der Waals surface area contributed by atoms with Crippen LogP contribution in [0.25, 0.3) is 5.69 Å². The molecule has 6 heteroatoms. The Morgan fingerprint density at radius 3 is 2.69 bits per heavy atom. The molecule has 0 aliphatic carbocycles. The summed E-state index contributed by atoms with van der Waals surface area (Å²) in [5.41, 5.74) is 0.540. The lowest BCUT2D eigenvalue weighted by Gasteiger charge is -2.05. The van der Waals surface area contributed by atoms with Gasteiger partial charge in [0.15, 0.2) is 5.69 Å². The van der Waals surface area contributed by atoms with E-state index in [1.165, 1.54) is 6.07 Å². The summed E-state index contributed by atoms with van der Waals surface area (Å²) in [7, 11) is 0. The van der Waals surface area contributed by atoms with Gasteiger partial charge in [-0.1, -0.05) is 17.3 Å². The van der Waals surface area contributed by atoms with Crippen molar-refractivity contribution < 1.29 is 15.0 Å². The van der Waals surface area contributed by atoms with E-state index in [0.29, 0.717) is 11.4 Å². The number of aryl methyl sites for hydroxylation is 1. The first-order chi connectivity index (χ1) is 7.61. The molecule has 0 fully saturated rings. The van der Waals surface area contributed by atoms with Gasteiger partial charge in [0.25, 0.3) is 0 Å². The lowest BCUT2D eigenvalue weighted by Crippen LogP contribution is -2.09. The van der Waals surface area contributed by atoms with Crippen LogP contribution < -0.4 is 0 Å². The number of phenolic OH excluding ortho intramolecular Hbond substituents is 1. The second kappa shape index (κ2) is 3.65. The molecule has 0 atom stereocenters. The highest BCUT2D eigenvalue weighted by atomic mass is 16.4. The number of hydrogen-bond acceptors (Lipinski definition) is 4. The Balaban J connectivity index is 2.66. The molecule has 0 bridgehead atoms. The van der Waals surface area contributed by atoms with Crippen LogP contribution in [0.4, 0.5) is 0 Å². The van der Waals surface area contributed by atoms with Gasteiger partial charge in [-0.2, -0.15) is 0 Å². The molecule has 0 amide bonds. The number of rotatable bonds is 2. The Hall–Kier alpha value is -2.37. The fourth-order valence-electron chi connectivity index (χ4n) is 1.41. The quantitative estimate of drug-likeness (QED) is 0.785. The monoisotopic (exact) mass is 219 g/mol. The number of benzene rings is 1. The third-order valence-corrected chi connectivity index (χ3v) is 2.15. The summed E-state index contributed by atoms with van der Waals surface area (Å²) < 4.78 is 1.10. The number of para-hydroxylation sites is 2. The van der Waals surface area contributed by atoms with E-state index in [-0.39, 0.29) is 11.4 Å². The third kappa shape index (κ3) is 1.50. The molecule has 1 aromatic carbocycles. The Labute approximate surface area is 90.8 Å². The Morgan fingerprint density at radius 1 is 1.38 bits per heavy atom. The molecule has 0 unspecified atom stereocenters. The molecular weight excluding hydrogens is 210 g/mol. The number of carboxylic acid groups (broad SMARTS) is 1. The zero-order valence-electron chi connectivity index (χ0n) is 8.45. The minimum Gasteiger partial charge on any atom is -0.506 e. The predicted octanol–water partition coefficient (Wildman–Crippen LogP) is 0.980. The molecule has 16 heavy (non-hydrogen) atoms. The first-order valence-electron chi connectivity index (χ1n) is 4.55. The van der Waals surface area contributed by atoms with Gasteiger partial charge in [0.1, 0.15) is 11.4 Å². The average molecular weight is 219 g/mol. The van der Waals surface area contributed by atoms with Crippen molar-refractivity contribution in [3.05, 3.63) is 35.7 Å². The van der Waals surface area contributed by atoms with Crippen LogP contribution in [0.1, 0.15) is 16.2 Å². The molecular formula is C10H9N3O3. The summed E-state index contributed by atoms with van der Waals surface area (Å²) in [4.78, 5) is 11.0. The van der Waals surface area contributed by atoms with Crippen LogP contribution in [0.5, 0.6) is 5.75 Å². The summed E-state index contributed by atoms with van der Waals surface area (Å²) in [6, 6.07) is 6.34. The van der Waals surface area contributed by atoms with E-state index < -0.39 is 5.97 Å². The fourth-order valence-corrected chi connectivity index (χ4v) is 1.41. The van der Waals surface area contributed by atoms with Crippen molar-refractivity contribution in [1.29, 1.82) is 0 Å². The molecule has 2 N–H and O–H groups in total. The molecule has 82 valence electrons. The van der Waals surface area contributed by atoms with Crippen molar-refractivity contribution in [2.24, 2.45) is 0 Å². The molecule has 0 radical (unpaired) electrons. The zero-order valence-corrected chi connectivity index (χ0v) is 8.45. The fraction of sp³-hybridized carbons (Fsp3) is 0.100. The van der Waals surface area contributed by atoms with Crippen LogP contribution >= 0.6 is 0 Å². The minimum absolute atomic E-state index is 0.0464. The molecule has 2 aromatic rings. The number of carboxylic acids is 1. The van der Waals surface area contributed by atoms with Crippen molar-refractivity contribution in [2.45, 2.75) is 6.92 Å². The number of hydrogen-bond donors (Lipinski definition) is 2. The molecule has 0 saturated carbocycles. The van der Waals surface area contributed by atoms with Crippen LogP contribution in [0.2, 0.25) is 0 Å². The highest BCUT2D eigenvalue weighted by molar-refractivity contribution is 5.87. The van der Waals surface area contributed by atoms with Gasteiger partial charge in [-0.25, -0.2) is 9.48 Å². The molecule has 0 aliphatic rings. The molecule has 0 saturated heterocycles. The largest absolute Gasteiger partial charge is 0.506 e. The van der Waals surface area contributed by atoms with Gasteiger partial charge in [0.05, 0.1) is 5.69 Å². The molecule has 2 rings (SSSR count).